The summed E-state index contributed by atoms with van der Waals surface area (Å²) in [6.07, 6.45) is 7.76. The third-order valence-electron chi connectivity index (χ3n) is 3.87. The Bertz CT molecular complexity index is 238. The Morgan fingerprint density at radius 3 is 2.53 bits per heavy atom. The summed E-state index contributed by atoms with van der Waals surface area (Å²) in [5.41, 5.74) is 0. The number of carbonyl (C=O) groups excluding carboxylic acids is 1. The van der Waals surface area contributed by atoms with Crippen LogP contribution in [0.15, 0.2) is 0 Å². The Morgan fingerprint density at radius 2 is 1.80 bits per heavy atom. The molecule has 0 N–H and O–H groups in total. The Hall–Kier alpha value is -0.730. The van der Waals surface area contributed by atoms with E-state index in [-0.39, 0.29) is 6.03 Å². The Labute approximate surface area is 92.4 Å². The summed E-state index contributed by atoms with van der Waals surface area (Å²) in [5, 5.41) is 0. The van der Waals surface area contributed by atoms with Gasteiger partial charge in [0.05, 0.1) is 0 Å². The minimum atomic E-state index is 0.214. The second kappa shape index (κ2) is 4.42. The van der Waals surface area contributed by atoms with E-state index in [4.69, 9.17) is 0 Å². The molecule has 2 atom stereocenters. The summed E-state index contributed by atoms with van der Waals surface area (Å²) in [7, 11) is 3.71. The number of hydrogen-bond acceptors (Lipinski definition) is 1. The molecule has 2 rings (SSSR count). The molecular weight excluding hydrogens is 188 g/mol. The number of hydrogen-bond donors (Lipinski definition) is 0. The highest BCUT2D eigenvalue weighted by molar-refractivity contribution is 5.74. The summed E-state index contributed by atoms with van der Waals surface area (Å²) >= 11 is 0. The highest BCUT2D eigenvalue weighted by atomic mass is 16.2. The van der Waals surface area contributed by atoms with Gasteiger partial charge < -0.3 is 9.80 Å². The van der Waals surface area contributed by atoms with Gasteiger partial charge in [0, 0.05) is 26.7 Å². The zero-order chi connectivity index (χ0) is 10.8. The molecule has 3 heteroatoms. The molecule has 1 heterocycles. The van der Waals surface area contributed by atoms with Gasteiger partial charge in [0.1, 0.15) is 0 Å². The van der Waals surface area contributed by atoms with Gasteiger partial charge in [-0.25, -0.2) is 4.79 Å². The number of fused-ring (bicyclic) bond motifs is 1. The van der Waals surface area contributed by atoms with Crippen molar-refractivity contribution in [3.05, 3.63) is 0 Å². The second-order valence-corrected chi connectivity index (χ2v) is 5.12. The fraction of sp³-hybridized carbons (Fsp3) is 0.917. The van der Waals surface area contributed by atoms with Crippen LogP contribution >= 0.6 is 0 Å². The van der Waals surface area contributed by atoms with E-state index in [1.165, 1.54) is 38.5 Å². The number of urea groups is 1. The topological polar surface area (TPSA) is 23.6 Å². The van der Waals surface area contributed by atoms with Crippen molar-refractivity contribution in [3.63, 3.8) is 0 Å². The summed E-state index contributed by atoms with van der Waals surface area (Å²) in [5.74, 6) is 0.788. The smallest absolute Gasteiger partial charge is 0.319 e. The molecule has 0 spiro atoms. The van der Waals surface area contributed by atoms with Gasteiger partial charge in [0.15, 0.2) is 0 Å². The standard InChI is InChI=1S/C12H22N2O/c1-13(2)12(15)14-9-5-7-10-6-3-4-8-11(10)14/h10-11H,3-9H2,1-2H3. The van der Waals surface area contributed by atoms with Gasteiger partial charge in [-0.05, 0) is 31.6 Å². The average Bonchev–Trinajstić information content (AvgIpc) is 2.27. The van der Waals surface area contributed by atoms with Crippen LogP contribution in [0.5, 0.6) is 0 Å². The fourth-order valence-corrected chi connectivity index (χ4v) is 3.12. The van der Waals surface area contributed by atoms with Gasteiger partial charge in [-0.3, -0.25) is 0 Å². The van der Waals surface area contributed by atoms with Crippen molar-refractivity contribution in [2.24, 2.45) is 5.92 Å². The largest absolute Gasteiger partial charge is 0.331 e. The van der Waals surface area contributed by atoms with Crippen molar-refractivity contribution in [1.82, 2.24) is 9.80 Å². The molecule has 2 amide bonds. The Morgan fingerprint density at radius 1 is 1.13 bits per heavy atom. The molecule has 1 aliphatic heterocycles. The van der Waals surface area contributed by atoms with E-state index in [1.807, 2.05) is 14.1 Å². The second-order valence-electron chi connectivity index (χ2n) is 5.12. The van der Waals surface area contributed by atoms with Gasteiger partial charge in [0.25, 0.3) is 0 Å². The normalized spacial score (nSPS) is 30.9. The zero-order valence-electron chi connectivity index (χ0n) is 9.91. The predicted molar refractivity (Wildman–Crippen MR) is 60.8 cm³/mol. The third kappa shape index (κ3) is 2.11. The minimum absolute atomic E-state index is 0.214. The lowest BCUT2D eigenvalue weighted by atomic mass is 9.78. The number of piperidine rings is 1. The van der Waals surface area contributed by atoms with Crippen LogP contribution in [-0.4, -0.2) is 42.5 Å². The van der Waals surface area contributed by atoms with Crippen LogP contribution in [0.25, 0.3) is 0 Å². The summed E-state index contributed by atoms with van der Waals surface area (Å²) in [6.45, 7) is 0.970. The van der Waals surface area contributed by atoms with Gasteiger partial charge in [-0.1, -0.05) is 12.8 Å². The van der Waals surface area contributed by atoms with Crippen molar-refractivity contribution < 1.29 is 4.79 Å². The van der Waals surface area contributed by atoms with Gasteiger partial charge in [-0.15, -0.1) is 0 Å². The molecule has 1 aliphatic carbocycles. The number of nitrogens with zero attached hydrogens (tertiary/aromatic N) is 2. The minimum Gasteiger partial charge on any atom is -0.331 e. The van der Waals surface area contributed by atoms with Gasteiger partial charge in [0.2, 0.25) is 0 Å². The molecule has 3 nitrogen and oxygen atoms in total. The molecule has 2 unspecified atom stereocenters. The molecule has 2 aliphatic rings. The predicted octanol–water partition coefficient (Wildman–Crippen LogP) is 2.32. The van der Waals surface area contributed by atoms with Crippen LogP contribution in [0.2, 0.25) is 0 Å². The van der Waals surface area contributed by atoms with E-state index in [0.29, 0.717) is 6.04 Å². The first kappa shape index (κ1) is 10.8. The molecule has 1 saturated heterocycles. The van der Waals surface area contributed by atoms with E-state index >= 15 is 0 Å². The Kier molecular flexibility index (Phi) is 3.17. The van der Waals surface area contributed by atoms with Crippen LogP contribution < -0.4 is 0 Å². The molecule has 0 radical (unpaired) electrons. The molecule has 0 aromatic carbocycles. The monoisotopic (exact) mass is 210 g/mol. The van der Waals surface area contributed by atoms with Crippen LogP contribution in [0.4, 0.5) is 4.79 Å². The van der Waals surface area contributed by atoms with Crippen LogP contribution in [0.3, 0.4) is 0 Å². The number of amides is 2. The molecule has 0 aromatic heterocycles. The lowest BCUT2D eigenvalue weighted by Crippen LogP contribution is -2.52. The van der Waals surface area contributed by atoms with Crippen molar-refractivity contribution >= 4 is 6.03 Å². The fourth-order valence-electron chi connectivity index (χ4n) is 3.12. The molecular formula is C12H22N2O. The molecule has 0 aromatic rings. The summed E-state index contributed by atoms with van der Waals surface area (Å²) in [4.78, 5) is 15.8. The quantitative estimate of drug-likeness (QED) is 0.602. The first-order valence-electron chi connectivity index (χ1n) is 6.18. The Balaban J connectivity index is 2.06. The third-order valence-corrected chi connectivity index (χ3v) is 3.87. The lowest BCUT2D eigenvalue weighted by molar-refractivity contribution is 0.0717. The SMILES string of the molecule is CN(C)C(=O)N1CCCC2CCCCC21. The molecule has 1 saturated carbocycles. The van der Waals surface area contributed by atoms with Crippen molar-refractivity contribution in [3.8, 4) is 0 Å². The zero-order valence-corrected chi connectivity index (χ0v) is 9.91. The van der Waals surface area contributed by atoms with Crippen molar-refractivity contribution in [1.29, 1.82) is 0 Å². The van der Waals surface area contributed by atoms with Crippen molar-refractivity contribution in [2.75, 3.05) is 20.6 Å². The highest BCUT2D eigenvalue weighted by Crippen LogP contribution is 2.35. The first-order valence-corrected chi connectivity index (χ1v) is 6.18. The van der Waals surface area contributed by atoms with Gasteiger partial charge in [-0.2, -0.15) is 0 Å². The van der Waals surface area contributed by atoms with E-state index in [9.17, 15) is 4.79 Å². The summed E-state index contributed by atoms with van der Waals surface area (Å²) < 4.78 is 0. The summed E-state index contributed by atoms with van der Waals surface area (Å²) in [6, 6.07) is 0.758. The number of carbonyl (C=O) groups is 1. The maximum Gasteiger partial charge on any atom is 0.319 e. The maximum atomic E-state index is 12.0. The van der Waals surface area contributed by atoms with E-state index < -0.39 is 0 Å². The number of likely N-dealkylation sites (tertiary alicyclic amines) is 1. The lowest BCUT2D eigenvalue weighted by Gasteiger charge is -2.44. The van der Waals surface area contributed by atoms with E-state index in [0.717, 1.165) is 12.5 Å². The molecule has 86 valence electrons. The van der Waals surface area contributed by atoms with Crippen molar-refractivity contribution in [2.45, 2.75) is 44.6 Å². The number of rotatable bonds is 0. The van der Waals surface area contributed by atoms with Gasteiger partial charge >= 0.3 is 6.03 Å². The maximum absolute atomic E-state index is 12.0. The molecule has 15 heavy (non-hydrogen) atoms. The van der Waals surface area contributed by atoms with Crippen LogP contribution in [-0.2, 0) is 0 Å². The highest BCUT2D eigenvalue weighted by Gasteiger charge is 2.35. The van der Waals surface area contributed by atoms with E-state index in [2.05, 4.69) is 4.90 Å². The van der Waals surface area contributed by atoms with E-state index in [1.54, 1.807) is 4.90 Å². The average molecular weight is 210 g/mol. The van der Waals surface area contributed by atoms with Crippen LogP contribution in [0, 0.1) is 5.92 Å². The van der Waals surface area contributed by atoms with Crippen LogP contribution in [0.1, 0.15) is 38.5 Å². The molecule has 2 fully saturated rings. The molecule has 0 bridgehead atoms. The first-order chi connectivity index (χ1) is 7.20.